The van der Waals surface area contributed by atoms with Gasteiger partial charge in [-0.1, -0.05) is 48.6 Å². The highest BCUT2D eigenvalue weighted by molar-refractivity contribution is 6.14. The molecule has 1 fully saturated rings. The second-order valence-corrected chi connectivity index (χ2v) is 8.66. The average Bonchev–Trinajstić information content (AvgIpc) is 3.29. The van der Waals surface area contributed by atoms with Crippen LogP contribution in [-0.2, 0) is 19.7 Å². The van der Waals surface area contributed by atoms with Gasteiger partial charge < -0.3 is 15.0 Å². The predicted octanol–water partition coefficient (Wildman–Crippen LogP) is 5.02. The van der Waals surface area contributed by atoms with Gasteiger partial charge in [-0.15, -0.1) is 0 Å². The van der Waals surface area contributed by atoms with Crippen molar-refractivity contribution in [1.82, 2.24) is 0 Å². The maximum atomic E-state index is 14.0. The minimum absolute atomic E-state index is 0.0871. The van der Waals surface area contributed by atoms with Crippen LogP contribution < -0.4 is 10.2 Å². The summed E-state index contributed by atoms with van der Waals surface area (Å²) in [6, 6.07) is 13.5. The molecule has 1 aliphatic carbocycles. The van der Waals surface area contributed by atoms with Crippen LogP contribution in [0.2, 0.25) is 0 Å². The van der Waals surface area contributed by atoms with Crippen molar-refractivity contribution in [2.75, 3.05) is 23.4 Å². The molecular formula is C27H25FN2O3. The Kier molecular flexibility index (Phi) is 5.36. The van der Waals surface area contributed by atoms with E-state index < -0.39 is 17.1 Å². The lowest BCUT2D eigenvalue weighted by molar-refractivity contribution is -0.124. The molecule has 2 amide bonds. The number of halogens is 1. The molecular weight excluding hydrogens is 419 g/mol. The van der Waals surface area contributed by atoms with Gasteiger partial charge in [0.15, 0.2) is 0 Å². The number of para-hydroxylation sites is 2. The number of rotatable bonds is 3. The van der Waals surface area contributed by atoms with Gasteiger partial charge in [-0.25, -0.2) is 4.39 Å². The predicted molar refractivity (Wildman–Crippen MR) is 125 cm³/mol. The van der Waals surface area contributed by atoms with E-state index in [1.807, 2.05) is 30.3 Å². The van der Waals surface area contributed by atoms with E-state index in [9.17, 15) is 14.0 Å². The summed E-state index contributed by atoms with van der Waals surface area (Å²) >= 11 is 0. The Morgan fingerprint density at radius 1 is 1.15 bits per heavy atom. The number of hydrogen-bond acceptors (Lipinski definition) is 3. The zero-order chi connectivity index (χ0) is 23.0. The molecule has 3 aliphatic rings. The molecule has 2 aromatic carbocycles. The van der Waals surface area contributed by atoms with Crippen molar-refractivity contribution in [3.8, 4) is 0 Å². The normalized spacial score (nSPS) is 25.1. The molecule has 1 saturated heterocycles. The third-order valence-electron chi connectivity index (χ3n) is 6.52. The smallest absolute Gasteiger partial charge is 0.246 e. The highest BCUT2D eigenvalue weighted by Gasteiger charge is 2.58. The van der Waals surface area contributed by atoms with Crippen molar-refractivity contribution in [1.29, 1.82) is 0 Å². The average molecular weight is 445 g/mol. The van der Waals surface area contributed by atoms with Gasteiger partial charge in [0.1, 0.15) is 30.1 Å². The van der Waals surface area contributed by atoms with Crippen molar-refractivity contribution in [2.24, 2.45) is 0 Å². The third-order valence-corrected chi connectivity index (χ3v) is 6.52. The lowest BCUT2D eigenvalue weighted by Crippen LogP contribution is -2.44. The molecule has 0 radical (unpaired) electrons. The molecule has 5 rings (SSSR count). The van der Waals surface area contributed by atoms with Gasteiger partial charge in [0.25, 0.3) is 0 Å². The lowest BCUT2D eigenvalue weighted by Gasteiger charge is -2.23. The maximum absolute atomic E-state index is 14.0. The van der Waals surface area contributed by atoms with Crippen LogP contribution in [0.4, 0.5) is 15.8 Å². The Bertz CT molecular complexity index is 1220. The Morgan fingerprint density at radius 2 is 1.94 bits per heavy atom. The van der Waals surface area contributed by atoms with Crippen molar-refractivity contribution < 1.29 is 18.7 Å². The standard InChI is InChI=1S/C27H25FN2O3/c1-18-9-3-2-4-11-20-24(15-18)33-17-27(20)19-10-5-8-14-23(19)30(26(27)32)16-25(31)29-22-13-7-6-12-21(22)28/h5-8,10-15H,1-4,9,16-17H2,(H,29,31)/b20-11+,24-15+. The first-order chi connectivity index (χ1) is 16.0. The maximum Gasteiger partial charge on any atom is 0.246 e. The quantitative estimate of drug-likeness (QED) is 0.723. The summed E-state index contributed by atoms with van der Waals surface area (Å²) in [7, 11) is 0. The zero-order valence-electron chi connectivity index (χ0n) is 18.3. The van der Waals surface area contributed by atoms with Crippen molar-refractivity contribution >= 4 is 23.2 Å². The number of carbonyl (C=O) groups is 2. The number of carbonyl (C=O) groups excluding carboxylic acids is 2. The molecule has 1 atom stereocenters. The lowest BCUT2D eigenvalue weighted by atomic mass is 9.76. The fourth-order valence-electron chi connectivity index (χ4n) is 4.92. The molecule has 6 heteroatoms. The minimum Gasteiger partial charge on any atom is -0.491 e. The fraction of sp³-hybridized carbons (Fsp3) is 0.259. The first-order valence-electron chi connectivity index (χ1n) is 11.2. The molecule has 2 aromatic rings. The number of nitrogens with zero attached hydrogens (tertiary/aromatic N) is 1. The van der Waals surface area contributed by atoms with E-state index in [1.165, 1.54) is 17.0 Å². The summed E-state index contributed by atoms with van der Waals surface area (Å²) in [6.45, 7) is 4.10. The zero-order valence-corrected chi connectivity index (χ0v) is 18.3. The number of hydrogen-bond donors (Lipinski definition) is 1. The summed E-state index contributed by atoms with van der Waals surface area (Å²) in [5.74, 6) is -0.508. The second kappa shape index (κ2) is 8.35. The van der Waals surface area contributed by atoms with Crippen LogP contribution in [0.3, 0.4) is 0 Å². The van der Waals surface area contributed by atoms with Gasteiger partial charge in [-0.2, -0.15) is 0 Å². The summed E-state index contributed by atoms with van der Waals surface area (Å²) < 4.78 is 20.1. The fourth-order valence-corrected chi connectivity index (χ4v) is 4.92. The van der Waals surface area contributed by atoms with Crippen molar-refractivity contribution in [3.05, 3.63) is 95.5 Å². The molecule has 2 aliphatic heterocycles. The van der Waals surface area contributed by atoms with Gasteiger partial charge >= 0.3 is 0 Å². The van der Waals surface area contributed by atoms with Gasteiger partial charge in [-0.05, 0) is 55.5 Å². The number of nitrogens with one attached hydrogen (secondary N) is 1. The van der Waals surface area contributed by atoms with Crippen LogP contribution in [0.25, 0.3) is 0 Å². The van der Waals surface area contributed by atoms with Gasteiger partial charge in [-0.3, -0.25) is 9.59 Å². The van der Waals surface area contributed by atoms with Crippen molar-refractivity contribution in [3.63, 3.8) is 0 Å². The summed E-state index contributed by atoms with van der Waals surface area (Å²) in [4.78, 5) is 28.3. The Morgan fingerprint density at radius 3 is 2.79 bits per heavy atom. The largest absolute Gasteiger partial charge is 0.491 e. The minimum atomic E-state index is -0.995. The van der Waals surface area contributed by atoms with E-state index in [2.05, 4.69) is 18.0 Å². The molecule has 0 bridgehead atoms. The van der Waals surface area contributed by atoms with Crippen LogP contribution in [-0.4, -0.2) is 25.0 Å². The first-order valence-corrected chi connectivity index (χ1v) is 11.2. The van der Waals surface area contributed by atoms with Gasteiger partial charge in [0.2, 0.25) is 11.8 Å². The molecule has 0 saturated carbocycles. The van der Waals surface area contributed by atoms with Crippen LogP contribution >= 0.6 is 0 Å². The molecule has 2 heterocycles. The highest BCUT2D eigenvalue weighted by Crippen LogP contribution is 2.52. The summed E-state index contributed by atoms with van der Waals surface area (Å²) in [6.07, 6.45) is 7.82. The van der Waals surface area contributed by atoms with E-state index in [0.29, 0.717) is 11.4 Å². The molecule has 1 unspecified atom stereocenters. The second-order valence-electron chi connectivity index (χ2n) is 8.66. The van der Waals surface area contributed by atoms with Crippen LogP contribution in [0, 0.1) is 5.82 Å². The molecule has 33 heavy (non-hydrogen) atoms. The van der Waals surface area contributed by atoms with E-state index in [1.54, 1.807) is 12.1 Å². The number of anilines is 2. The van der Waals surface area contributed by atoms with E-state index >= 15 is 0 Å². The monoisotopic (exact) mass is 444 g/mol. The van der Waals surface area contributed by atoms with Gasteiger partial charge in [0.05, 0.1) is 5.69 Å². The summed E-state index contributed by atoms with van der Waals surface area (Å²) in [5.41, 5.74) is 2.42. The Labute approximate surface area is 192 Å². The van der Waals surface area contributed by atoms with E-state index in [0.717, 1.165) is 42.4 Å². The molecule has 1 N–H and O–H groups in total. The molecule has 0 aromatic heterocycles. The first kappa shape index (κ1) is 21.2. The number of amides is 2. The third kappa shape index (κ3) is 3.55. The van der Waals surface area contributed by atoms with Crippen molar-refractivity contribution in [2.45, 2.75) is 31.1 Å². The van der Waals surface area contributed by atoms with Crippen LogP contribution in [0.5, 0.6) is 0 Å². The number of ether oxygens (including phenoxy) is 1. The number of benzene rings is 2. The number of fused-ring (bicyclic) bond motifs is 4. The van der Waals surface area contributed by atoms with E-state index in [-0.39, 0.29) is 24.7 Å². The number of allylic oxidation sites excluding steroid dienone is 4. The van der Waals surface area contributed by atoms with E-state index in [4.69, 9.17) is 4.74 Å². The molecule has 1 spiro atoms. The van der Waals surface area contributed by atoms with Crippen LogP contribution in [0.1, 0.15) is 31.2 Å². The molecule has 5 nitrogen and oxygen atoms in total. The van der Waals surface area contributed by atoms with Crippen LogP contribution in [0.15, 0.2) is 84.2 Å². The Hall–Kier alpha value is -3.67. The van der Waals surface area contributed by atoms with Gasteiger partial charge in [0, 0.05) is 11.3 Å². The highest BCUT2D eigenvalue weighted by atomic mass is 19.1. The topological polar surface area (TPSA) is 58.6 Å². The SMILES string of the molecule is C=C1/C=C2/OCC3(C(=O)N(CC(=O)Nc4ccccc4F)c4ccccc43)/C2=C/CCCC1. The molecule has 168 valence electrons. The Balaban J connectivity index is 1.51. The summed E-state index contributed by atoms with van der Waals surface area (Å²) in [5, 5.41) is 2.58.